The summed E-state index contributed by atoms with van der Waals surface area (Å²) in [5.41, 5.74) is 2.97. The van der Waals surface area contributed by atoms with E-state index in [9.17, 15) is 9.59 Å². The van der Waals surface area contributed by atoms with E-state index >= 15 is 0 Å². The van der Waals surface area contributed by atoms with E-state index in [4.69, 9.17) is 9.72 Å². The second kappa shape index (κ2) is 9.97. The first kappa shape index (κ1) is 22.6. The highest BCUT2D eigenvalue weighted by Gasteiger charge is 2.23. The van der Waals surface area contributed by atoms with Crippen molar-refractivity contribution in [1.29, 1.82) is 0 Å². The maximum absolute atomic E-state index is 12.9. The maximum atomic E-state index is 12.9. The Labute approximate surface area is 198 Å². The zero-order valence-electron chi connectivity index (χ0n) is 19.7. The molecule has 0 bridgehead atoms. The molecule has 9 heteroatoms. The first-order valence-corrected chi connectivity index (χ1v) is 12.3. The Balaban J connectivity index is 1.30. The van der Waals surface area contributed by atoms with Gasteiger partial charge in [0.2, 0.25) is 17.8 Å². The summed E-state index contributed by atoms with van der Waals surface area (Å²) in [6, 6.07) is 8.37. The summed E-state index contributed by atoms with van der Waals surface area (Å²) in [6.07, 6.45) is 6.36. The van der Waals surface area contributed by atoms with Crippen molar-refractivity contribution in [3.63, 3.8) is 0 Å². The number of fused-ring (bicyclic) bond motifs is 1. The van der Waals surface area contributed by atoms with Gasteiger partial charge in [-0.2, -0.15) is 0 Å². The molecule has 34 heavy (non-hydrogen) atoms. The van der Waals surface area contributed by atoms with Crippen molar-refractivity contribution < 1.29 is 9.53 Å². The number of ether oxygens (including phenoxy) is 1. The highest BCUT2D eigenvalue weighted by Crippen LogP contribution is 2.34. The van der Waals surface area contributed by atoms with Crippen LogP contribution in [0, 0.1) is 6.92 Å². The number of morpholine rings is 1. The fourth-order valence-corrected chi connectivity index (χ4v) is 5.08. The molecule has 0 spiro atoms. The normalized spacial score (nSPS) is 17.3. The van der Waals surface area contributed by atoms with Crippen LogP contribution in [0.2, 0.25) is 0 Å². The van der Waals surface area contributed by atoms with Crippen molar-refractivity contribution in [2.45, 2.75) is 57.9 Å². The third-order valence-corrected chi connectivity index (χ3v) is 6.91. The zero-order chi connectivity index (χ0) is 23.5. The molecule has 1 saturated heterocycles. The Morgan fingerprint density at radius 2 is 1.91 bits per heavy atom. The van der Waals surface area contributed by atoms with Gasteiger partial charge in [0.1, 0.15) is 0 Å². The highest BCUT2D eigenvalue weighted by atomic mass is 16.5. The Morgan fingerprint density at radius 3 is 2.68 bits per heavy atom. The van der Waals surface area contributed by atoms with Crippen LogP contribution < -0.4 is 15.8 Å². The number of para-hydroxylation sites is 2. The molecule has 1 aliphatic heterocycles. The number of amides is 1. The van der Waals surface area contributed by atoms with E-state index in [1.165, 1.54) is 19.3 Å². The van der Waals surface area contributed by atoms with E-state index < -0.39 is 0 Å². The second-order valence-corrected chi connectivity index (χ2v) is 9.19. The van der Waals surface area contributed by atoms with Crippen molar-refractivity contribution in [3.8, 4) is 0 Å². The van der Waals surface area contributed by atoms with Gasteiger partial charge in [-0.3, -0.25) is 19.9 Å². The summed E-state index contributed by atoms with van der Waals surface area (Å²) in [7, 11) is 0. The number of aromatic nitrogens is 4. The monoisotopic (exact) mass is 464 g/mol. The average molecular weight is 465 g/mol. The van der Waals surface area contributed by atoms with Crippen LogP contribution in [-0.4, -0.2) is 51.7 Å². The lowest BCUT2D eigenvalue weighted by molar-refractivity contribution is -0.116. The summed E-state index contributed by atoms with van der Waals surface area (Å²) in [6.45, 7) is 4.47. The molecule has 1 aliphatic carbocycles. The molecule has 5 rings (SSSR count). The van der Waals surface area contributed by atoms with Crippen molar-refractivity contribution >= 4 is 28.8 Å². The molecule has 0 unspecified atom stereocenters. The van der Waals surface area contributed by atoms with Crippen molar-refractivity contribution in [1.82, 2.24) is 19.5 Å². The maximum Gasteiger partial charge on any atom is 0.255 e. The fraction of sp³-hybridized carbons (Fsp3) is 0.520. The first-order chi connectivity index (χ1) is 16.6. The number of nitrogens with zero attached hydrogens (tertiary/aromatic N) is 4. The lowest BCUT2D eigenvalue weighted by Gasteiger charge is -2.27. The number of carbonyl (C=O) groups excluding carboxylic acids is 1. The van der Waals surface area contributed by atoms with E-state index in [0.29, 0.717) is 61.9 Å². The largest absolute Gasteiger partial charge is 0.378 e. The number of aryl methyl sites for hydroxylation is 1. The van der Waals surface area contributed by atoms with E-state index in [1.54, 1.807) is 0 Å². The standard InChI is InChI=1S/C25H32N6O3/c1-17-19(23(33)29-24(26-17)30-13-15-34-16-14-30)11-12-22(32)28-25-27-20-9-5-6-10-21(20)31(25)18-7-3-2-4-8-18/h5-6,9-10,18H,2-4,7-8,11-16H2,1H3,(H,26,29,33)(H,27,28,32). The van der Waals surface area contributed by atoms with Gasteiger partial charge in [-0.25, -0.2) is 9.97 Å². The zero-order valence-corrected chi connectivity index (χ0v) is 19.7. The minimum absolute atomic E-state index is 0.150. The van der Waals surface area contributed by atoms with Gasteiger partial charge in [0.05, 0.1) is 24.2 Å². The molecule has 3 aromatic rings. The van der Waals surface area contributed by atoms with Crippen LogP contribution in [0.15, 0.2) is 29.1 Å². The molecule has 3 heterocycles. The van der Waals surface area contributed by atoms with E-state index in [0.717, 1.165) is 23.9 Å². The SMILES string of the molecule is Cc1nc(N2CCOCC2)[nH]c(=O)c1CCC(=O)Nc1nc2ccccc2n1C1CCCCC1. The van der Waals surface area contributed by atoms with Gasteiger partial charge in [-0.05, 0) is 38.3 Å². The van der Waals surface area contributed by atoms with E-state index in [2.05, 4.69) is 25.9 Å². The molecule has 9 nitrogen and oxygen atoms in total. The number of H-pyrrole nitrogens is 1. The van der Waals surface area contributed by atoms with Gasteiger partial charge in [0.15, 0.2) is 0 Å². The molecule has 1 aromatic carbocycles. The minimum atomic E-state index is -0.184. The molecule has 0 atom stereocenters. The van der Waals surface area contributed by atoms with Crippen LogP contribution in [0.4, 0.5) is 11.9 Å². The molecule has 2 N–H and O–H groups in total. The number of hydrogen-bond acceptors (Lipinski definition) is 6. The molecule has 2 fully saturated rings. The van der Waals surface area contributed by atoms with Crippen molar-refractivity contribution in [3.05, 3.63) is 45.9 Å². The number of imidazole rings is 1. The Bertz CT molecular complexity index is 1220. The van der Waals surface area contributed by atoms with Gasteiger partial charge < -0.3 is 14.2 Å². The van der Waals surface area contributed by atoms with Crippen LogP contribution in [0.3, 0.4) is 0 Å². The van der Waals surface area contributed by atoms with Crippen LogP contribution in [-0.2, 0) is 16.0 Å². The third kappa shape index (κ3) is 4.70. The predicted molar refractivity (Wildman–Crippen MR) is 131 cm³/mol. The summed E-state index contributed by atoms with van der Waals surface area (Å²) in [5.74, 6) is 1.02. The Hall–Kier alpha value is -3.20. The minimum Gasteiger partial charge on any atom is -0.378 e. The van der Waals surface area contributed by atoms with Crippen molar-refractivity contribution in [2.75, 3.05) is 36.5 Å². The van der Waals surface area contributed by atoms with Crippen LogP contribution in [0.1, 0.15) is 55.8 Å². The van der Waals surface area contributed by atoms with Gasteiger partial charge in [-0.15, -0.1) is 0 Å². The Kier molecular flexibility index (Phi) is 6.62. The van der Waals surface area contributed by atoms with Gasteiger partial charge in [0, 0.05) is 36.8 Å². The fourth-order valence-electron chi connectivity index (χ4n) is 5.08. The molecule has 0 radical (unpaired) electrons. The molecule has 2 aromatic heterocycles. The molecule has 1 saturated carbocycles. The predicted octanol–water partition coefficient (Wildman–Crippen LogP) is 3.34. The second-order valence-electron chi connectivity index (χ2n) is 9.19. The molecule has 1 amide bonds. The van der Waals surface area contributed by atoms with Gasteiger partial charge in [-0.1, -0.05) is 31.4 Å². The van der Waals surface area contributed by atoms with Gasteiger partial charge in [0.25, 0.3) is 5.56 Å². The number of benzene rings is 1. The van der Waals surface area contributed by atoms with Gasteiger partial charge >= 0.3 is 0 Å². The molecular weight excluding hydrogens is 432 g/mol. The highest BCUT2D eigenvalue weighted by molar-refractivity contribution is 5.91. The van der Waals surface area contributed by atoms with Crippen LogP contribution in [0.25, 0.3) is 11.0 Å². The summed E-state index contributed by atoms with van der Waals surface area (Å²) >= 11 is 0. The summed E-state index contributed by atoms with van der Waals surface area (Å²) in [4.78, 5) is 39.9. The van der Waals surface area contributed by atoms with Crippen LogP contribution in [0.5, 0.6) is 0 Å². The Morgan fingerprint density at radius 1 is 1.15 bits per heavy atom. The van der Waals surface area contributed by atoms with E-state index in [1.807, 2.05) is 30.0 Å². The number of aromatic amines is 1. The number of hydrogen-bond donors (Lipinski definition) is 2. The number of carbonyl (C=O) groups is 1. The quantitative estimate of drug-likeness (QED) is 0.580. The molecule has 180 valence electrons. The topological polar surface area (TPSA) is 105 Å². The lowest BCUT2D eigenvalue weighted by atomic mass is 9.95. The smallest absolute Gasteiger partial charge is 0.255 e. The number of rotatable bonds is 6. The molecule has 2 aliphatic rings. The first-order valence-electron chi connectivity index (χ1n) is 12.3. The average Bonchev–Trinajstić information content (AvgIpc) is 3.22. The number of anilines is 2. The third-order valence-electron chi connectivity index (χ3n) is 6.91. The van der Waals surface area contributed by atoms with E-state index in [-0.39, 0.29) is 17.9 Å². The summed E-state index contributed by atoms with van der Waals surface area (Å²) < 4.78 is 7.57. The number of nitrogens with one attached hydrogen (secondary N) is 2. The lowest BCUT2D eigenvalue weighted by Crippen LogP contribution is -2.38. The van der Waals surface area contributed by atoms with Crippen LogP contribution >= 0.6 is 0 Å². The molecular formula is C25H32N6O3. The summed E-state index contributed by atoms with van der Waals surface area (Å²) in [5, 5.41) is 3.03. The van der Waals surface area contributed by atoms with Crippen molar-refractivity contribution in [2.24, 2.45) is 0 Å².